The van der Waals surface area contributed by atoms with Crippen LogP contribution in [0, 0.1) is 34.5 Å². The SMILES string of the molecule is CC(C)C(CC(CC(C)(C)C)C(=O)NC(C)(C)CS(=O)(=O)O)CC(C(=O)NC(C)(C)CS(=O)(=O)O)C(C)(C)C. The Morgan fingerprint density at radius 1 is 0.692 bits per heavy atom. The van der Waals surface area contributed by atoms with Gasteiger partial charge in [0, 0.05) is 11.8 Å². The predicted octanol–water partition coefficient (Wildman–Crippen LogP) is 4.32. The molecule has 0 saturated carbocycles. The molecule has 0 saturated heterocycles. The fraction of sp³-hybridized carbons (Fsp3) is 0.926. The Morgan fingerprint density at radius 3 is 1.38 bits per heavy atom. The van der Waals surface area contributed by atoms with Crippen LogP contribution in [0.25, 0.3) is 0 Å². The Bertz CT molecular complexity index is 1050. The first-order valence-electron chi connectivity index (χ1n) is 13.5. The van der Waals surface area contributed by atoms with Crippen LogP contribution in [0.15, 0.2) is 0 Å². The van der Waals surface area contributed by atoms with Crippen molar-refractivity contribution in [1.29, 1.82) is 0 Å². The zero-order chi connectivity index (χ0) is 31.4. The lowest BCUT2D eigenvalue weighted by Crippen LogP contribution is -2.52. The van der Waals surface area contributed by atoms with Gasteiger partial charge in [-0.15, -0.1) is 0 Å². The molecule has 0 aromatic rings. The maximum Gasteiger partial charge on any atom is 0.267 e. The largest absolute Gasteiger partial charge is 0.350 e. The summed E-state index contributed by atoms with van der Waals surface area (Å²) >= 11 is 0. The highest BCUT2D eigenvalue weighted by Crippen LogP contribution is 2.39. The summed E-state index contributed by atoms with van der Waals surface area (Å²) in [7, 11) is -8.61. The first-order chi connectivity index (χ1) is 16.9. The monoisotopic (exact) mass is 598 g/mol. The Kier molecular flexibility index (Phi) is 12.7. The van der Waals surface area contributed by atoms with E-state index in [4.69, 9.17) is 0 Å². The van der Waals surface area contributed by atoms with E-state index in [2.05, 4.69) is 10.6 Å². The lowest BCUT2D eigenvalue weighted by molar-refractivity contribution is -0.131. The fourth-order valence-electron chi connectivity index (χ4n) is 5.03. The van der Waals surface area contributed by atoms with Gasteiger partial charge in [-0.25, -0.2) is 0 Å². The summed E-state index contributed by atoms with van der Waals surface area (Å²) in [6.45, 7) is 22.1. The summed E-state index contributed by atoms with van der Waals surface area (Å²) in [5.74, 6) is -2.82. The van der Waals surface area contributed by atoms with E-state index in [9.17, 15) is 35.5 Å². The maximum absolute atomic E-state index is 13.5. The van der Waals surface area contributed by atoms with E-state index in [1.54, 1.807) is 13.8 Å². The molecule has 39 heavy (non-hydrogen) atoms. The van der Waals surface area contributed by atoms with Crippen LogP contribution in [-0.4, -0.2) is 60.3 Å². The van der Waals surface area contributed by atoms with Crippen molar-refractivity contribution in [1.82, 2.24) is 10.6 Å². The first kappa shape index (κ1) is 37.8. The van der Waals surface area contributed by atoms with Crippen molar-refractivity contribution < 1.29 is 35.5 Å². The van der Waals surface area contributed by atoms with Crippen LogP contribution in [0.3, 0.4) is 0 Å². The Hall–Kier alpha value is -1.24. The fourth-order valence-corrected chi connectivity index (χ4v) is 6.99. The van der Waals surface area contributed by atoms with E-state index in [-0.39, 0.29) is 29.1 Å². The van der Waals surface area contributed by atoms with E-state index in [1.807, 2.05) is 55.4 Å². The molecular formula is C27H54N2O8S2. The highest BCUT2D eigenvalue weighted by Gasteiger charge is 2.39. The van der Waals surface area contributed by atoms with E-state index >= 15 is 0 Å². The highest BCUT2D eigenvalue weighted by molar-refractivity contribution is 7.86. The zero-order valence-corrected chi connectivity index (χ0v) is 27.6. The number of nitrogens with one attached hydrogen (secondary N) is 2. The van der Waals surface area contributed by atoms with Gasteiger partial charge in [-0.1, -0.05) is 55.4 Å². The van der Waals surface area contributed by atoms with E-state index in [1.165, 1.54) is 13.8 Å². The molecule has 2 amide bonds. The number of hydrogen-bond donors (Lipinski definition) is 4. The molecule has 3 unspecified atom stereocenters. The quantitative estimate of drug-likeness (QED) is 0.215. The summed E-state index contributed by atoms with van der Waals surface area (Å²) in [4.78, 5) is 26.9. The van der Waals surface area contributed by atoms with Crippen LogP contribution in [-0.2, 0) is 29.8 Å². The third kappa shape index (κ3) is 16.6. The van der Waals surface area contributed by atoms with E-state index in [0.29, 0.717) is 19.3 Å². The second kappa shape index (κ2) is 13.2. The van der Waals surface area contributed by atoms with Crippen LogP contribution in [0.2, 0.25) is 0 Å². The van der Waals surface area contributed by atoms with Crippen molar-refractivity contribution in [3.8, 4) is 0 Å². The lowest BCUT2D eigenvalue weighted by Gasteiger charge is -2.38. The van der Waals surface area contributed by atoms with Gasteiger partial charge < -0.3 is 10.6 Å². The Labute approximate surface area is 237 Å². The molecule has 12 heteroatoms. The molecule has 0 aliphatic rings. The minimum Gasteiger partial charge on any atom is -0.350 e. The molecule has 4 N–H and O–H groups in total. The summed E-state index contributed by atoms with van der Waals surface area (Å²) < 4.78 is 64.5. The van der Waals surface area contributed by atoms with Crippen molar-refractivity contribution in [2.75, 3.05) is 11.5 Å². The molecule has 0 fully saturated rings. The van der Waals surface area contributed by atoms with Gasteiger partial charge in [0.1, 0.15) is 0 Å². The lowest BCUT2D eigenvalue weighted by atomic mass is 9.69. The number of carbonyl (C=O) groups is 2. The van der Waals surface area contributed by atoms with Gasteiger partial charge in [0.05, 0.1) is 22.6 Å². The molecule has 10 nitrogen and oxygen atoms in total. The molecule has 3 atom stereocenters. The molecular weight excluding hydrogens is 544 g/mol. The minimum absolute atomic E-state index is 0.0625. The molecule has 0 spiro atoms. The number of hydrogen-bond acceptors (Lipinski definition) is 6. The van der Waals surface area contributed by atoms with Crippen LogP contribution in [0.4, 0.5) is 0 Å². The van der Waals surface area contributed by atoms with Crippen molar-refractivity contribution in [2.45, 2.75) is 113 Å². The maximum atomic E-state index is 13.5. The molecule has 0 aromatic heterocycles. The second-order valence-electron chi connectivity index (χ2n) is 15.1. The van der Waals surface area contributed by atoms with Crippen molar-refractivity contribution in [3.63, 3.8) is 0 Å². The van der Waals surface area contributed by atoms with Gasteiger partial charge in [0.25, 0.3) is 20.2 Å². The molecule has 0 aliphatic heterocycles. The molecule has 0 heterocycles. The normalized spacial score (nSPS) is 16.5. The minimum atomic E-state index is -4.31. The van der Waals surface area contributed by atoms with Gasteiger partial charge in [-0.3, -0.25) is 18.7 Å². The van der Waals surface area contributed by atoms with Gasteiger partial charge >= 0.3 is 0 Å². The number of amides is 2. The Morgan fingerprint density at radius 2 is 1.08 bits per heavy atom. The predicted molar refractivity (Wildman–Crippen MR) is 155 cm³/mol. The van der Waals surface area contributed by atoms with Crippen LogP contribution in [0.1, 0.15) is 102 Å². The number of carbonyl (C=O) groups excluding carboxylic acids is 2. The van der Waals surface area contributed by atoms with Crippen LogP contribution in [0.5, 0.6) is 0 Å². The third-order valence-electron chi connectivity index (χ3n) is 6.67. The van der Waals surface area contributed by atoms with Crippen molar-refractivity contribution in [2.24, 2.45) is 34.5 Å². The first-order valence-corrected chi connectivity index (χ1v) is 16.7. The smallest absolute Gasteiger partial charge is 0.267 e. The van der Waals surface area contributed by atoms with Crippen LogP contribution >= 0.6 is 0 Å². The summed E-state index contributed by atoms with van der Waals surface area (Å²) in [5.41, 5.74) is -3.06. The van der Waals surface area contributed by atoms with Gasteiger partial charge in [0.2, 0.25) is 11.8 Å². The summed E-state index contributed by atoms with van der Waals surface area (Å²) in [6, 6.07) is 0. The summed E-state index contributed by atoms with van der Waals surface area (Å²) in [6.07, 6.45) is 1.42. The van der Waals surface area contributed by atoms with Crippen molar-refractivity contribution >= 4 is 32.1 Å². The highest BCUT2D eigenvalue weighted by atomic mass is 32.2. The molecule has 232 valence electrons. The van der Waals surface area contributed by atoms with Crippen molar-refractivity contribution in [3.05, 3.63) is 0 Å². The Balaban J connectivity index is 6.14. The molecule has 0 rings (SSSR count). The van der Waals surface area contributed by atoms with Gasteiger partial charge in [-0.2, -0.15) is 16.8 Å². The van der Waals surface area contributed by atoms with Gasteiger partial charge in [0.15, 0.2) is 0 Å². The average molecular weight is 599 g/mol. The van der Waals surface area contributed by atoms with E-state index < -0.39 is 60.1 Å². The third-order valence-corrected chi connectivity index (χ3v) is 8.84. The molecule has 0 aliphatic carbocycles. The molecule has 0 radical (unpaired) electrons. The standard InChI is InChI=1S/C27H54N2O8S2/c1-18(2)19(14-21(25(6,7)8)23(31)29-27(11,12)17-39(35,36)37)13-20(15-24(3,4)5)22(30)28-26(9,10)16-38(32,33)34/h18-21H,13-17H2,1-12H3,(H,28,30)(H,29,31)(H,32,33,34)(H,35,36,37). The molecule has 0 bridgehead atoms. The molecule has 0 aromatic carbocycles. The summed E-state index contributed by atoms with van der Waals surface area (Å²) in [5, 5.41) is 5.59. The topological polar surface area (TPSA) is 167 Å². The zero-order valence-electron chi connectivity index (χ0n) is 26.0. The van der Waals surface area contributed by atoms with Crippen LogP contribution < -0.4 is 10.6 Å². The van der Waals surface area contributed by atoms with E-state index in [0.717, 1.165) is 0 Å². The van der Waals surface area contributed by atoms with Gasteiger partial charge in [-0.05, 0) is 69.6 Å². The second-order valence-corrected chi connectivity index (χ2v) is 18.0. The number of rotatable bonds is 14. The average Bonchev–Trinajstić information content (AvgIpc) is 2.56.